The number of hydrogen-bond acceptors (Lipinski definition) is 13. The summed E-state index contributed by atoms with van der Waals surface area (Å²) in [5, 5.41) is -0.514. The average molecular weight is 1550 g/mol. The van der Waals surface area contributed by atoms with Crippen molar-refractivity contribution in [3.63, 3.8) is 0 Å². The molecule has 592 valence electrons. The molecule has 0 aromatic rings. The van der Waals surface area contributed by atoms with Gasteiger partial charge in [-0.3, -0.25) is 28.8 Å². The lowest BCUT2D eigenvalue weighted by Crippen LogP contribution is -2.51. The van der Waals surface area contributed by atoms with Crippen LogP contribution in [0.1, 0.15) is 317 Å². The number of esters is 6. The Labute approximate surface area is 654 Å². The smallest absolute Gasteiger partial charge is 0.312 e. The predicted octanol–water partition coefficient (Wildman–Crippen LogP) is 24.8. The van der Waals surface area contributed by atoms with Crippen molar-refractivity contribution >= 4 is 93.8 Å². The molecule has 104 heavy (non-hydrogen) atoms. The molecule has 6 unspecified atom stereocenters. The number of ether oxygens (including phenoxy) is 7. The molecule has 0 radical (unpaired) electrons. The summed E-state index contributed by atoms with van der Waals surface area (Å²) in [6.45, 7) is 7.49. The molecule has 0 aromatic heterocycles. The van der Waals surface area contributed by atoms with E-state index < -0.39 is 107 Å². The summed E-state index contributed by atoms with van der Waals surface area (Å²) in [6, 6.07) is 0. The lowest BCUT2D eigenvalue weighted by Gasteiger charge is -2.36. The van der Waals surface area contributed by atoms with Gasteiger partial charge in [-0.15, -0.1) is 11.6 Å². The highest BCUT2D eigenvalue weighted by molar-refractivity contribution is 6.61. The summed E-state index contributed by atoms with van der Waals surface area (Å²) in [7, 11) is 1.35. The molecule has 0 aromatic carbocycles. The number of halogens is 5. The quantitative estimate of drug-likeness (QED) is 0.0141. The molecular weight excluding hydrogens is 1420 g/mol. The SMILES string of the molecule is CCCCCCC/C=C/CC/C=C/CCCC(=O)OC(COC(=O)CCC/C=C/C=C/CCCCCCCCC)COC(=O)C1C(C(=O)OCC(COC)(COC(=O)CCC/C=C/C=C/CCCCCCCCC)OC(=O)CCC/C=C/C=C/CCCCCCCCC)C2(Cl)C(Cl)=C(Cl)C1(C)C2(Cl)Cl. The predicted molar refractivity (Wildman–Crippen MR) is 430 cm³/mol. The van der Waals surface area contributed by atoms with Gasteiger partial charge >= 0.3 is 35.8 Å². The number of carbonyl (C=O) groups is 6. The van der Waals surface area contributed by atoms with Gasteiger partial charge in [0, 0.05) is 37.8 Å². The van der Waals surface area contributed by atoms with Crippen LogP contribution < -0.4 is 0 Å². The fourth-order valence-electron chi connectivity index (χ4n) is 12.9. The molecule has 2 rings (SSSR count). The fourth-order valence-corrected chi connectivity index (χ4v) is 15.3. The fraction of sp³-hybridized carbons (Fsp3) is 0.721. The van der Waals surface area contributed by atoms with Crippen molar-refractivity contribution < 1.29 is 61.9 Å². The van der Waals surface area contributed by atoms with E-state index in [0.29, 0.717) is 51.4 Å². The highest BCUT2D eigenvalue weighted by Crippen LogP contribution is 2.78. The minimum Gasteiger partial charge on any atom is -0.462 e. The first-order valence-electron chi connectivity index (χ1n) is 40.3. The average Bonchev–Trinajstić information content (AvgIpc) is 1.48. The van der Waals surface area contributed by atoms with Crippen LogP contribution in [0.15, 0.2) is 107 Å². The van der Waals surface area contributed by atoms with E-state index >= 15 is 4.79 Å². The van der Waals surface area contributed by atoms with Gasteiger partial charge in [0.2, 0.25) is 5.60 Å². The van der Waals surface area contributed by atoms with Crippen LogP contribution in [0, 0.1) is 17.3 Å². The number of rotatable bonds is 66. The van der Waals surface area contributed by atoms with Crippen molar-refractivity contribution in [2.75, 3.05) is 40.1 Å². The summed E-state index contributed by atoms with van der Waals surface area (Å²) in [6.07, 6.45) is 74.5. The van der Waals surface area contributed by atoms with Gasteiger partial charge in [0.1, 0.15) is 31.3 Å². The monoisotopic (exact) mass is 1550 g/mol. The molecule has 13 nitrogen and oxygen atoms in total. The van der Waals surface area contributed by atoms with Crippen LogP contribution in [0.25, 0.3) is 0 Å². The molecule has 0 aliphatic heterocycles. The van der Waals surface area contributed by atoms with Crippen LogP contribution in [0.5, 0.6) is 0 Å². The Kier molecular flexibility index (Phi) is 56.1. The molecule has 18 heteroatoms. The molecule has 0 amide bonds. The van der Waals surface area contributed by atoms with Crippen LogP contribution in [0.4, 0.5) is 0 Å². The molecule has 6 atom stereocenters. The molecule has 2 aliphatic rings. The number of fused-ring (bicyclic) bond motifs is 2. The summed E-state index contributed by atoms with van der Waals surface area (Å²) in [4.78, 5) is 81.7. The van der Waals surface area contributed by atoms with Gasteiger partial charge in [-0.1, -0.05) is 319 Å². The van der Waals surface area contributed by atoms with E-state index in [-0.39, 0.29) is 35.7 Å². The number of unbranched alkanes of at least 4 members (excludes halogenated alkanes) is 31. The number of allylic oxidation sites excluding steroid dienone is 18. The third-order valence-electron chi connectivity index (χ3n) is 19.2. The van der Waals surface area contributed by atoms with E-state index in [9.17, 15) is 24.0 Å². The van der Waals surface area contributed by atoms with E-state index in [0.717, 1.165) is 57.8 Å². The number of alkyl halides is 3. The van der Waals surface area contributed by atoms with Gasteiger partial charge in [0.15, 0.2) is 10.4 Å². The van der Waals surface area contributed by atoms with Gasteiger partial charge in [0.05, 0.1) is 28.9 Å². The zero-order valence-corrected chi connectivity index (χ0v) is 68.6. The standard InChI is InChI=1S/C86H135Cl5O13/c1-7-11-15-19-23-27-31-35-39-43-47-51-55-59-63-73(92)99-67-72(103-75(94)65-61-57-53-49-45-41-37-33-29-25-21-17-13-9-3)68-100-81(96)77-78(85(89)80(88)79(87)83(77,5)86(85,90)91)82(97)102-71-84(69-98-6,104-76(95)66-62-58-54-50-46-42-38-34-30-26-22-18-14-10-4)70-101-74(93)64-60-56-52-48-44-40-36-32-28-24-20-16-12-8-2/h33,37,39-40,42-44,46-54,72,77-78H,7-32,34-36,38,41,45,55-71H2,1-6H3/b37-33+,43-39+,44-40+,46-42+,51-47+,52-48+,53-49+,54-50+. The maximum atomic E-state index is 15.1. The highest BCUT2D eigenvalue weighted by Gasteiger charge is 2.84. The van der Waals surface area contributed by atoms with Gasteiger partial charge in [0.25, 0.3) is 0 Å². The third kappa shape index (κ3) is 39.3. The van der Waals surface area contributed by atoms with E-state index in [2.05, 4.69) is 64.2 Å². The Bertz CT molecular complexity index is 2640. The largest absolute Gasteiger partial charge is 0.462 e. The van der Waals surface area contributed by atoms with Crippen molar-refractivity contribution in [2.45, 2.75) is 338 Å². The summed E-state index contributed by atoms with van der Waals surface area (Å²) >= 11 is 35.6. The van der Waals surface area contributed by atoms with Gasteiger partial charge < -0.3 is 33.2 Å². The molecule has 0 heterocycles. The number of carbonyl (C=O) groups excluding carboxylic acids is 6. The molecule has 0 saturated heterocycles. The van der Waals surface area contributed by atoms with E-state index in [1.165, 1.54) is 162 Å². The first kappa shape index (κ1) is 96.0. The molecule has 1 saturated carbocycles. The molecule has 0 spiro atoms. The second-order valence-corrected chi connectivity index (χ2v) is 31.1. The zero-order valence-electron chi connectivity index (χ0n) is 64.8. The summed E-state index contributed by atoms with van der Waals surface area (Å²) < 4.78 is 38.7. The Hall–Kier alpha value is -4.11. The van der Waals surface area contributed by atoms with Gasteiger partial charge in [-0.05, 0) is 116 Å². The molecule has 1 fully saturated rings. The Morgan fingerprint density at radius 1 is 0.375 bits per heavy atom. The second-order valence-electron chi connectivity index (χ2n) is 28.4. The first-order valence-corrected chi connectivity index (χ1v) is 42.2. The maximum absolute atomic E-state index is 15.1. The lowest BCUT2D eigenvalue weighted by molar-refractivity contribution is -0.195. The first-order chi connectivity index (χ1) is 50.4. The third-order valence-corrected chi connectivity index (χ3v) is 22.8. The van der Waals surface area contributed by atoms with E-state index in [4.69, 9.17) is 91.2 Å². The van der Waals surface area contributed by atoms with E-state index in [1.807, 2.05) is 60.8 Å². The van der Waals surface area contributed by atoms with Gasteiger partial charge in [-0.2, -0.15) is 0 Å². The van der Waals surface area contributed by atoms with Crippen molar-refractivity contribution in [1.29, 1.82) is 0 Å². The minimum absolute atomic E-state index is 0.0204. The highest BCUT2D eigenvalue weighted by atomic mass is 35.5. The van der Waals surface area contributed by atoms with E-state index in [1.54, 1.807) is 0 Å². The molecule has 2 aliphatic carbocycles. The number of hydrogen-bond donors (Lipinski definition) is 0. The van der Waals surface area contributed by atoms with Crippen molar-refractivity contribution in [1.82, 2.24) is 0 Å². The lowest BCUT2D eigenvalue weighted by atomic mass is 9.74. The zero-order chi connectivity index (χ0) is 76.3. The number of methoxy groups -OCH3 is 1. The Morgan fingerprint density at radius 3 is 1.12 bits per heavy atom. The second kappa shape index (κ2) is 60.8. The Balaban J connectivity index is 2.35. The topological polar surface area (TPSA) is 167 Å². The van der Waals surface area contributed by atoms with Crippen LogP contribution in [0.3, 0.4) is 0 Å². The van der Waals surface area contributed by atoms with Crippen molar-refractivity contribution in [2.24, 2.45) is 17.3 Å². The van der Waals surface area contributed by atoms with Crippen LogP contribution in [-0.2, 0) is 61.9 Å². The van der Waals surface area contributed by atoms with Crippen LogP contribution in [-0.4, -0.2) is 96.9 Å². The maximum Gasteiger partial charge on any atom is 0.312 e. The summed E-state index contributed by atoms with van der Waals surface area (Å²) in [5.41, 5.74) is -3.80. The van der Waals surface area contributed by atoms with Crippen molar-refractivity contribution in [3.05, 3.63) is 107 Å². The molecule has 2 bridgehead atoms. The van der Waals surface area contributed by atoms with Crippen LogP contribution in [0.2, 0.25) is 0 Å². The normalized spacial score (nSPS) is 19.0. The van der Waals surface area contributed by atoms with Crippen LogP contribution >= 0.6 is 58.0 Å². The minimum atomic E-state index is -2.30. The molecular formula is C86H135Cl5O13. The summed E-state index contributed by atoms with van der Waals surface area (Å²) in [5.74, 6) is -8.20. The van der Waals surface area contributed by atoms with Crippen molar-refractivity contribution in [3.8, 4) is 0 Å². The van der Waals surface area contributed by atoms with Gasteiger partial charge in [-0.25, -0.2) is 0 Å². The molecule has 0 N–H and O–H groups in total. The Morgan fingerprint density at radius 2 is 0.702 bits per heavy atom.